The van der Waals surface area contributed by atoms with E-state index in [1.54, 1.807) is 13.3 Å². The van der Waals surface area contributed by atoms with Gasteiger partial charge in [-0.3, -0.25) is 4.98 Å². The van der Waals surface area contributed by atoms with Gasteiger partial charge >= 0.3 is 0 Å². The first kappa shape index (κ1) is 12.1. The number of nitrogens with one attached hydrogen (secondary N) is 1. The van der Waals surface area contributed by atoms with Gasteiger partial charge in [0.15, 0.2) is 0 Å². The van der Waals surface area contributed by atoms with Crippen molar-refractivity contribution >= 4 is 0 Å². The van der Waals surface area contributed by atoms with E-state index in [1.165, 1.54) is 0 Å². The summed E-state index contributed by atoms with van der Waals surface area (Å²) in [4.78, 5) is 4.20. The first-order valence-electron chi connectivity index (χ1n) is 5.11. The van der Waals surface area contributed by atoms with E-state index in [9.17, 15) is 0 Å². The van der Waals surface area contributed by atoms with Gasteiger partial charge in [0.25, 0.3) is 0 Å². The number of aromatic nitrogens is 1. The van der Waals surface area contributed by atoms with Crippen LogP contribution >= 0.6 is 0 Å². The van der Waals surface area contributed by atoms with Gasteiger partial charge in [-0.15, -0.1) is 0 Å². The molecule has 0 atom stereocenters. The second-order valence-electron chi connectivity index (χ2n) is 3.10. The Morgan fingerprint density at radius 3 is 2.93 bits per heavy atom. The standard InChI is InChI=1S/C11H18N2O2/c1-14-8-9-15-7-6-12-10-11-4-2-3-5-13-11/h2-5,12H,6-10H2,1H3. The lowest BCUT2D eigenvalue weighted by Gasteiger charge is -2.05. The van der Waals surface area contributed by atoms with E-state index in [-0.39, 0.29) is 0 Å². The third kappa shape index (κ3) is 6.17. The van der Waals surface area contributed by atoms with Gasteiger partial charge in [-0.05, 0) is 12.1 Å². The average molecular weight is 210 g/mol. The normalized spacial score (nSPS) is 10.5. The summed E-state index contributed by atoms with van der Waals surface area (Å²) < 4.78 is 10.2. The molecule has 1 aromatic rings. The molecule has 4 nitrogen and oxygen atoms in total. The second kappa shape index (κ2) is 8.35. The van der Waals surface area contributed by atoms with Crippen LogP contribution in [0.3, 0.4) is 0 Å². The van der Waals surface area contributed by atoms with Crippen LogP contribution in [-0.4, -0.2) is 38.5 Å². The molecule has 0 amide bonds. The highest BCUT2D eigenvalue weighted by Crippen LogP contribution is 1.91. The van der Waals surface area contributed by atoms with Crippen molar-refractivity contribution in [1.82, 2.24) is 10.3 Å². The minimum absolute atomic E-state index is 0.653. The van der Waals surface area contributed by atoms with Crippen LogP contribution in [-0.2, 0) is 16.0 Å². The number of ether oxygens (including phenoxy) is 2. The number of hydrogen-bond acceptors (Lipinski definition) is 4. The molecule has 0 aliphatic rings. The van der Waals surface area contributed by atoms with E-state index in [2.05, 4.69) is 10.3 Å². The largest absolute Gasteiger partial charge is 0.382 e. The van der Waals surface area contributed by atoms with Gasteiger partial charge in [0.2, 0.25) is 0 Å². The van der Waals surface area contributed by atoms with Crippen molar-refractivity contribution in [2.24, 2.45) is 0 Å². The number of methoxy groups -OCH3 is 1. The fourth-order valence-electron chi connectivity index (χ4n) is 1.11. The molecule has 1 rings (SSSR count). The van der Waals surface area contributed by atoms with E-state index < -0.39 is 0 Å². The molecular formula is C11H18N2O2. The van der Waals surface area contributed by atoms with E-state index in [4.69, 9.17) is 9.47 Å². The summed E-state index contributed by atoms with van der Waals surface area (Å²) in [5, 5.41) is 3.25. The zero-order chi connectivity index (χ0) is 10.8. The lowest BCUT2D eigenvalue weighted by molar-refractivity contribution is 0.0719. The molecule has 0 spiro atoms. The molecule has 0 saturated carbocycles. The van der Waals surface area contributed by atoms with Crippen molar-refractivity contribution in [1.29, 1.82) is 0 Å². The number of hydrogen-bond donors (Lipinski definition) is 1. The fraction of sp³-hybridized carbons (Fsp3) is 0.545. The van der Waals surface area contributed by atoms with Crippen LogP contribution in [0.2, 0.25) is 0 Å². The summed E-state index contributed by atoms with van der Waals surface area (Å²) in [6.07, 6.45) is 1.80. The monoisotopic (exact) mass is 210 g/mol. The minimum atomic E-state index is 0.653. The minimum Gasteiger partial charge on any atom is -0.382 e. The fourth-order valence-corrected chi connectivity index (χ4v) is 1.11. The Kier molecular flexibility index (Phi) is 6.73. The topological polar surface area (TPSA) is 43.4 Å². The van der Waals surface area contributed by atoms with Crippen molar-refractivity contribution in [3.05, 3.63) is 30.1 Å². The van der Waals surface area contributed by atoms with Gasteiger partial charge in [0.05, 0.1) is 25.5 Å². The van der Waals surface area contributed by atoms with Crippen LogP contribution in [0.4, 0.5) is 0 Å². The van der Waals surface area contributed by atoms with Crippen molar-refractivity contribution in [3.63, 3.8) is 0 Å². The molecule has 0 fully saturated rings. The van der Waals surface area contributed by atoms with Crippen LogP contribution in [0.5, 0.6) is 0 Å². The maximum atomic E-state index is 5.30. The van der Waals surface area contributed by atoms with Crippen molar-refractivity contribution in [3.8, 4) is 0 Å². The van der Waals surface area contributed by atoms with Crippen molar-refractivity contribution < 1.29 is 9.47 Å². The first-order chi connectivity index (χ1) is 7.43. The number of rotatable bonds is 8. The number of nitrogens with zero attached hydrogens (tertiary/aromatic N) is 1. The highest BCUT2D eigenvalue weighted by Gasteiger charge is 1.92. The van der Waals surface area contributed by atoms with E-state index in [0.29, 0.717) is 19.8 Å². The molecule has 84 valence electrons. The van der Waals surface area contributed by atoms with E-state index >= 15 is 0 Å². The average Bonchev–Trinajstić information content (AvgIpc) is 2.29. The van der Waals surface area contributed by atoms with Crippen LogP contribution in [0.1, 0.15) is 5.69 Å². The summed E-state index contributed by atoms with van der Waals surface area (Å²) in [5.74, 6) is 0. The lowest BCUT2D eigenvalue weighted by atomic mass is 10.3. The molecule has 1 aromatic heterocycles. The van der Waals surface area contributed by atoms with Crippen molar-refractivity contribution in [2.45, 2.75) is 6.54 Å². The first-order valence-corrected chi connectivity index (χ1v) is 5.11. The van der Waals surface area contributed by atoms with Gasteiger partial charge in [-0.2, -0.15) is 0 Å². The Balaban J connectivity index is 1.93. The predicted molar refractivity (Wildman–Crippen MR) is 58.6 cm³/mol. The summed E-state index contributed by atoms with van der Waals surface area (Å²) >= 11 is 0. The summed E-state index contributed by atoms with van der Waals surface area (Å²) in [5.41, 5.74) is 1.05. The molecule has 1 heterocycles. The molecule has 1 N–H and O–H groups in total. The Labute approximate surface area is 90.6 Å². The maximum Gasteiger partial charge on any atom is 0.0700 e. The molecule has 0 unspecified atom stereocenters. The molecule has 0 aromatic carbocycles. The zero-order valence-corrected chi connectivity index (χ0v) is 9.11. The van der Waals surface area contributed by atoms with Gasteiger partial charge in [0.1, 0.15) is 0 Å². The third-order valence-corrected chi connectivity index (χ3v) is 1.89. The van der Waals surface area contributed by atoms with E-state index in [0.717, 1.165) is 18.8 Å². The SMILES string of the molecule is COCCOCCNCc1ccccn1. The molecule has 0 saturated heterocycles. The van der Waals surface area contributed by atoms with Gasteiger partial charge < -0.3 is 14.8 Å². The Morgan fingerprint density at radius 2 is 2.20 bits per heavy atom. The van der Waals surface area contributed by atoms with Crippen LogP contribution in [0.15, 0.2) is 24.4 Å². The van der Waals surface area contributed by atoms with Crippen LogP contribution < -0.4 is 5.32 Å². The highest BCUT2D eigenvalue weighted by molar-refractivity contribution is 5.02. The second-order valence-corrected chi connectivity index (χ2v) is 3.10. The quantitative estimate of drug-likeness (QED) is 0.646. The molecule has 0 bridgehead atoms. The zero-order valence-electron chi connectivity index (χ0n) is 9.11. The van der Waals surface area contributed by atoms with Gasteiger partial charge in [-0.1, -0.05) is 6.07 Å². The van der Waals surface area contributed by atoms with Crippen LogP contribution in [0, 0.1) is 0 Å². The third-order valence-electron chi connectivity index (χ3n) is 1.89. The maximum absolute atomic E-state index is 5.30. The Hall–Kier alpha value is -0.970. The Morgan fingerprint density at radius 1 is 1.27 bits per heavy atom. The molecule has 4 heteroatoms. The van der Waals surface area contributed by atoms with E-state index in [1.807, 2.05) is 18.2 Å². The number of pyridine rings is 1. The molecule has 0 radical (unpaired) electrons. The molecule has 0 aliphatic carbocycles. The predicted octanol–water partition coefficient (Wildman–Crippen LogP) is 0.834. The lowest BCUT2D eigenvalue weighted by Crippen LogP contribution is -2.20. The van der Waals surface area contributed by atoms with Crippen LogP contribution in [0.25, 0.3) is 0 Å². The summed E-state index contributed by atoms with van der Waals surface area (Å²) in [6, 6.07) is 5.90. The molecule has 15 heavy (non-hydrogen) atoms. The summed E-state index contributed by atoms with van der Waals surface area (Å²) in [6.45, 7) is 3.63. The van der Waals surface area contributed by atoms with Crippen molar-refractivity contribution in [2.75, 3.05) is 33.5 Å². The van der Waals surface area contributed by atoms with Gasteiger partial charge in [-0.25, -0.2) is 0 Å². The summed E-state index contributed by atoms with van der Waals surface area (Å²) in [7, 11) is 1.67. The highest BCUT2D eigenvalue weighted by atomic mass is 16.5. The molecule has 0 aliphatic heterocycles. The Bertz CT molecular complexity index is 242. The molecular weight excluding hydrogens is 192 g/mol. The van der Waals surface area contributed by atoms with Gasteiger partial charge in [0, 0.05) is 26.4 Å². The smallest absolute Gasteiger partial charge is 0.0700 e.